The summed E-state index contributed by atoms with van der Waals surface area (Å²) in [5, 5.41) is 11.8. The van der Waals surface area contributed by atoms with Gasteiger partial charge in [0.25, 0.3) is 5.22 Å². The summed E-state index contributed by atoms with van der Waals surface area (Å²) in [5.74, 6) is 0.733. The maximum atomic E-state index is 5.39. The van der Waals surface area contributed by atoms with Gasteiger partial charge in [0, 0.05) is 0 Å². The Labute approximate surface area is 75.1 Å². The van der Waals surface area contributed by atoms with Crippen LogP contribution in [0.25, 0.3) is 0 Å². The zero-order chi connectivity index (χ0) is 8.39. The third kappa shape index (κ3) is 1.47. The number of aromatic nitrogens is 2. The third-order valence-corrected chi connectivity index (χ3v) is 2.47. The summed E-state index contributed by atoms with van der Waals surface area (Å²) in [6.45, 7) is 1.06. The van der Waals surface area contributed by atoms with E-state index >= 15 is 0 Å². The molecule has 0 unspecified atom stereocenters. The second kappa shape index (κ2) is 3.45. The minimum atomic E-state index is 0.290. The highest BCUT2D eigenvalue weighted by molar-refractivity contribution is 7.98. The van der Waals surface area contributed by atoms with E-state index in [-0.39, 0.29) is 0 Å². The van der Waals surface area contributed by atoms with Crippen LogP contribution in [0, 0.1) is 0 Å². The second-order valence-corrected chi connectivity index (χ2v) is 3.52. The van der Waals surface area contributed by atoms with Crippen molar-refractivity contribution >= 4 is 11.8 Å². The molecule has 1 aromatic heterocycles. The summed E-state index contributed by atoms with van der Waals surface area (Å²) < 4.78 is 5.39. The summed E-state index contributed by atoms with van der Waals surface area (Å²) in [4.78, 5) is 0. The predicted molar refractivity (Wildman–Crippen MR) is 46.1 cm³/mol. The molecule has 1 saturated heterocycles. The summed E-state index contributed by atoms with van der Waals surface area (Å²) >= 11 is 1.48. The number of rotatable bonds is 2. The molecule has 1 fully saturated rings. The van der Waals surface area contributed by atoms with Gasteiger partial charge in [0.15, 0.2) is 0 Å². The number of nitrogens with zero attached hydrogens (tertiary/aromatic N) is 2. The Morgan fingerprint density at radius 1 is 1.58 bits per heavy atom. The SMILES string of the molecule is CSc1nnc([C@H]2CCCN2)o1. The van der Waals surface area contributed by atoms with Crippen LogP contribution < -0.4 is 5.32 Å². The van der Waals surface area contributed by atoms with Crippen LogP contribution in [0.15, 0.2) is 9.64 Å². The molecular formula is C7H11N3OS. The van der Waals surface area contributed by atoms with Gasteiger partial charge in [-0.2, -0.15) is 0 Å². The van der Waals surface area contributed by atoms with E-state index in [0.29, 0.717) is 11.3 Å². The van der Waals surface area contributed by atoms with Gasteiger partial charge in [-0.05, 0) is 25.6 Å². The Bertz CT molecular complexity index is 257. The van der Waals surface area contributed by atoms with Crippen LogP contribution in [0.5, 0.6) is 0 Å². The van der Waals surface area contributed by atoms with E-state index in [1.54, 1.807) is 0 Å². The average Bonchev–Trinajstić information content (AvgIpc) is 2.75. The molecule has 0 radical (unpaired) electrons. The van der Waals surface area contributed by atoms with E-state index in [9.17, 15) is 0 Å². The number of nitrogens with one attached hydrogen (secondary N) is 1. The van der Waals surface area contributed by atoms with Gasteiger partial charge in [-0.1, -0.05) is 11.8 Å². The molecular weight excluding hydrogens is 174 g/mol. The van der Waals surface area contributed by atoms with Gasteiger partial charge in [-0.15, -0.1) is 10.2 Å². The standard InChI is InChI=1S/C7H11N3OS/c1-12-7-10-9-6(11-7)5-3-2-4-8-5/h5,8H,2-4H2,1H3/t5-/m1/s1. The molecule has 1 atom stereocenters. The first-order valence-corrected chi connectivity index (χ1v) is 5.23. The van der Waals surface area contributed by atoms with Crippen LogP contribution in [0.4, 0.5) is 0 Å². The van der Waals surface area contributed by atoms with Crippen molar-refractivity contribution in [3.8, 4) is 0 Å². The lowest BCUT2D eigenvalue weighted by atomic mass is 10.2. The molecule has 66 valence electrons. The number of thioether (sulfide) groups is 1. The van der Waals surface area contributed by atoms with E-state index in [2.05, 4.69) is 15.5 Å². The van der Waals surface area contributed by atoms with Gasteiger partial charge >= 0.3 is 0 Å². The monoisotopic (exact) mass is 185 g/mol. The smallest absolute Gasteiger partial charge is 0.276 e. The van der Waals surface area contributed by atoms with Crippen molar-refractivity contribution in [1.29, 1.82) is 0 Å². The Hall–Kier alpha value is -0.550. The fourth-order valence-corrected chi connectivity index (χ4v) is 1.63. The Balaban J connectivity index is 2.11. The average molecular weight is 185 g/mol. The Morgan fingerprint density at radius 3 is 3.08 bits per heavy atom. The molecule has 1 N–H and O–H groups in total. The molecule has 0 saturated carbocycles. The van der Waals surface area contributed by atoms with Crippen molar-refractivity contribution in [3.05, 3.63) is 5.89 Å². The van der Waals surface area contributed by atoms with E-state index in [0.717, 1.165) is 18.9 Å². The van der Waals surface area contributed by atoms with E-state index in [4.69, 9.17) is 4.42 Å². The van der Waals surface area contributed by atoms with E-state index in [1.165, 1.54) is 18.2 Å². The first kappa shape index (κ1) is 8.07. The van der Waals surface area contributed by atoms with Crippen LogP contribution in [0.2, 0.25) is 0 Å². The van der Waals surface area contributed by atoms with E-state index < -0.39 is 0 Å². The molecule has 1 aromatic rings. The third-order valence-electron chi connectivity index (χ3n) is 1.96. The molecule has 0 bridgehead atoms. The van der Waals surface area contributed by atoms with Crippen LogP contribution in [-0.4, -0.2) is 23.0 Å². The Morgan fingerprint density at radius 2 is 2.50 bits per heavy atom. The van der Waals surface area contributed by atoms with E-state index in [1.807, 2.05) is 6.26 Å². The summed E-state index contributed by atoms with van der Waals surface area (Å²) in [7, 11) is 0. The van der Waals surface area contributed by atoms with Crippen LogP contribution in [0.1, 0.15) is 24.8 Å². The minimum Gasteiger partial charge on any atom is -0.414 e. The summed E-state index contributed by atoms with van der Waals surface area (Å²) in [6, 6.07) is 0.290. The van der Waals surface area contributed by atoms with Gasteiger partial charge in [-0.25, -0.2) is 0 Å². The summed E-state index contributed by atoms with van der Waals surface area (Å²) in [6.07, 6.45) is 4.23. The molecule has 0 aliphatic carbocycles. The quantitative estimate of drug-likeness (QED) is 0.702. The van der Waals surface area contributed by atoms with Crippen molar-refractivity contribution in [3.63, 3.8) is 0 Å². The fraction of sp³-hybridized carbons (Fsp3) is 0.714. The zero-order valence-corrected chi connectivity index (χ0v) is 7.73. The minimum absolute atomic E-state index is 0.290. The molecule has 0 spiro atoms. The van der Waals surface area contributed by atoms with Crippen LogP contribution in [0.3, 0.4) is 0 Å². The van der Waals surface area contributed by atoms with Crippen LogP contribution >= 0.6 is 11.8 Å². The molecule has 5 heteroatoms. The second-order valence-electron chi connectivity index (χ2n) is 2.76. The largest absolute Gasteiger partial charge is 0.414 e. The van der Waals surface area contributed by atoms with Crippen LogP contribution in [-0.2, 0) is 0 Å². The normalized spacial score (nSPS) is 23.2. The molecule has 4 nitrogen and oxygen atoms in total. The number of hydrogen-bond donors (Lipinski definition) is 1. The molecule has 2 heterocycles. The predicted octanol–water partition coefficient (Wildman–Crippen LogP) is 1.22. The lowest BCUT2D eigenvalue weighted by molar-refractivity contribution is 0.374. The maximum absolute atomic E-state index is 5.39. The van der Waals surface area contributed by atoms with Crippen molar-refractivity contribution in [2.24, 2.45) is 0 Å². The summed E-state index contributed by atoms with van der Waals surface area (Å²) in [5.41, 5.74) is 0. The molecule has 0 amide bonds. The zero-order valence-electron chi connectivity index (χ0n) is 6.91. The molecule has 12 heavy (non-hydrogen) atoms. The van der Waals surface area contributed by atoms with Crippen molar-refractivity contribution < 1.29 is 4.42 Å². The van der Waals surface area contributed by atoms with Gasteiger partial charge in [0.1, 0.15) is 0 Å². The highest BCUT2D eigenvalue weighted by atomic mass is 32.2. The molecule has 2 rings (SSSR count). The van der Waals surface area contributed by atoms with Crippen molar-refractivity contribution in [2.75, 3.05) is 12.8 Å². The van der Waals surface area contributed by atoms with Gasteiger partial charge in [-0.3, -0.25) is 0 Å². The first-order chi connectivity index (χ1) is 5.90. The highest BCUT2D eigenvalue weighted by Gasteiger charge is 2.21. The lowest BCUT2D eigenvalue weighted by Gasteiger charge is -2.01. The van der Waals surface area contributed by atoms with Crippen molar-refractivity contribution in [2.45, 2.75) is 24.1 Å². The fourth-order valence-electron chi connectivity index (χ4n) is 1.34. The topological polar surface area (TPSA) is 51.0 Å². The highest BCUT2D eigenvalue weighted by Crippen LogP contribution is 2.23. The van der Waals surface area contributed by atoms with Gasteiger partial charge < -0.3 is 9.73 Å². The lowest BCUT2D eigenvalue weighted by Crippen LogP contribution is -2.12. The van der Waals surface area contributed by atoms with Crippen molar-refractivity contribution in [1.82, 2.24) is 15.5 Å². The molecule has 1 aliphatic rings. The maximum Gasteiger partial charge on any atom is 0.276 e. The molecule has 0 aromatic carbocycles. The van der Waals surface area contributed by atoms with Gasteiger partial charge in [0.2, 0.25) is 5.89 Å². The number of hydrogen-bond acceptors (Lipinski definition) is 5. The van der Waals surface area contributed by atoms with Gasteiger partial charge in [0.05, 0.1) is 6.04 Å². The molecule has 1 aliphatic heterocycles. The Kier molecular flexibility index (Phi) is 2.32. The first-order valence-electron chi connectivity index (χ1n) is 4.01.